The molecule has 0 fully saturated rings. The number of halogens is 1. The number of rotatable bonds is 3. The smallest absolute Gasteiger partial charge is 0.480 e. The van der Waals surface area contributed by atoms with Gasteiger partial charge >= 0.3 is 13.1 Å². The first-order valence-corrected chi connectivity index (χ1v) is 4.93. The number of benzene rings is 1. The quantitative estimate of drug-likeness (QED) is 0.731. The van der Waals surface area contributed by atoms with Crippen molar-refractivity contribution in [2.24, 2.45) is 0 Å². The molecule has 1 aliphatic rings. The number of fused-ring (bicyclic) bond motifs is 1. The molecule has 0 radical (unpaired) electrons. The second-order valence-electron chi connectivity index (χ2n) is 3.30. The highest BCUT2D eigenvalue weighted by Crippen LogP contribution is 2.27. The van der Waals surface area contributed by atoms with Crippen LogP contribution in [0.3, 0.4) is 0 Å². The second kappa shape index (κ2) is 4.33. The summed E-state index contributed by atoms with van der Waals surface area (Å²) in [6.07, 6.45) is 0. The van der Waals surface area contributed by atoms with Gasteiger partial charge in [0, 0.05) is 5.46 Å². The molecule has 0 aliphatic carbocycles. The average Bonchev–Trinajstić information content (AvgIpc) is 2.60. The van der Waals surface area contributed by atoms with Gasteiger partial charge in [0.25, 0.3) is 0 Å². The molecular weight excluding hydrogens is 234 g/mol. The predicted molar refractivity (Wildman–Crippen MR) is 57.0 cm³/mol. The van der Waals surface area contributed by atoms with Crippen LogP contribution in [0, 0.1) is 0 Å². The zero-order valence-corrected chi connectivity index (χ0v) is 8.90. The lowest BCUT2D eigenvalue weighted by Gasteiger charge is -2.09. The summed E-state index contributed by atoms with van der Waals surface area (Å²) in [6, 6.07) is 3.25. The third kappa shape index (κ3) is 1.99. The van der Waals surface area contributed by atoms with Crippen LogP contribution in [-0.2, 0) is 16.1 Å². The van der Waals surface area contributed by atoms with E-state index in [-0.39, 0.29) is 17.4 Å². The van der Waals surface area contributed by atoms with Crippen molar-refractivity contribution in [1.82, 2.24) is 0 Å². The number of carboxylic acids is 1. The standard InChI is InChI=1S/C9H8BClO5/c11-9-6(15-4-7(12)13)2-1-5-3-16-10(14)8(5)9/h1-2,14H,3-4H2,(H,12,13). The molecule has 0 saturated carbocycles. The number of hydrogen-bond donors (Lipinski definition) is 2. The summed E-state index contributed by atoms with van der Waals surface area (Å²) in [7, 11) is -1.07. The zero-order valence-electron chi connectivity index (χ0n) is 8.14. The van der Waals surface area contributed by atoms with Gasteiger partial charge in [0.2, 0.25) is 0 Å². The second-order valence-corrected chi connectivity index (χ2v) is 3.67. The Hall–Kier alpha value is -1.24. The Labute approximate surface area is 96.7 Å². The van der Waals surface area contributed by atoms with Crippen molar-refractivity contribution in [3.8, 4) is 5.75 Å². The van der Waals surface area contributed by atoms with E-state index in [1.54, 1.807) is 12.1 Å². The minimum atomic E-state index is -1.09. The Morgan fingerprint density at radius 1 is 1.62 bits per heavy atom. The lowest BCUT2D eigenvalue weighted by atomic mass is 9.79. The fraction of sp³-hybridized carbons (Fsp3) is 0.222. The van der Waals surface area contributed by atoms with Gasteiger partial charge in [-0.15, -0.1) is 0 Å². The van der Waals surface area contributed by atoms with E-state index in [4.69, 9.17) is 26.1 Å². The first-order valence-electron chi connectivity index (χ1n) is 4.55. The molecule has 0 aromatic heterocycles. The predicted octanol–water partition coefficient (Wildman–Crippen LogP) is 0.0211. The Morgan fingerprint density at radius 3 is 3.06 bits per heavy atom. The van der Waals surface area contributed by atoms with Crippen LogP contribution in [0.15, 0.2) is 12.1 Å². The largest absolute Gasteiger partial charge is 0.493 e. The molecule has 7 heteroatoms. The van der Waals surface area contributed by atoms with E-state index in [9.17, 15) is 9.82 Å². The summed E-state index contributed by atoms with van der Waals surface area (Å²) >= 11 is 5.97. The summed E-state index contributed by atoms with van der Waals surface area (Å²) in [5.41, 5.74) is 1.23. The van der Waals surface area contributed by atoms with Crippen molar-refractivity contribution in [2.75, 3.05) is 6.61 Å². The van der Waals surface area contributed by atoms with Crippen LogP contribution in [0.5, 0.6) is 5.75 Å². The maximum atomic E-state index is 10.3. The van der Waals surface area contributed by atoms with E-state index < -0.39 is 19.7 Å². The van der Waals surface area contributed by atoms with Gasteiger partial charge in [0.1, 0.15) is 5.75 Å². The number of carboxylic acid groups (broad SMARTS) is 1. The summed E-state index contributed by atoms with van der Waals surface area (Å²) in [5.74, 6) is -0.860. The fourth-order valence-electron chi connectivity index (χ4n) is 1.51. The topological polar surface area (TPSA) is 76.0 Å². The Morgan fingerprint density at radius 2 is 2.38 bits per heavy atom. The first kappa shape index (κ1) is 11.3. The number of ether oxygens (including phenoxy) is 1. The Bertz CT molecular complexity index is 436. The molecule has 2 rings (SSSR count). The van der Waals surface area contributed by atoms with Gasteiger partial charge in [-0.3, -0.25) is 0 Å². The van der Waals surface area contributed by atoms with Gasteiger partial charge in [-0.1, -0.05) is 17.7 Å². The van der Waals surface area contributed by atoms with Crippen molar-refractivity contribution < 1.29 is 24.3 Å². The van der Waals surface area contributed by atoms with E-state index >= 15 is 0 Å². The molecule has 2 N–H and O–H groups in total. The van der Waals surface area contributed by atoms with Crippen LogP contribution in [-0.4, -0.2) is 29.8 Å². The van der Waals surface area contributed by atoms with Crippen molar-refractivity contribution >= 4 is 30.2 Å². The molecule has 5 nitrogen and oxygen atoms in total. The highest BCUT2D eigenvalue weighted by molar-refractivity contribution is 6.65. The molecule has 1 aliphatic heterocycles. The Kier molecular flexibility index (Phi) is 3.04. The molecule has 0 amide bonds. The average molecular weight is 242 g/mol. The molecule has 0 unspecified atom stereocenters. The van der Waals surface area contributed by atoms with Crippen molar-refractivity contribution in [1.29, 1.82) is 0 Å². The van der Waals surface area contributed by atoms with Gasteiger partial charge < -0.3 is 19.5 Å². The summed E-state index contributed by atoms with van der Waals surface area (Å²) in [4.78, 5) is 10.3. The lowest BCUT2D eigenvalue weighted by molar-refractivity contribution is -0.139. The number of aliphatic carboxylic acids is 1. The molecule has 0 atom stereocenters. The third-order valence-electron chi connectivity index (χ3n) is 2.23. The van der Waals surface area contributed by atoms with Crippen LogP contribution in [0.25, 0.3) is 0 Å². The first-order chi connectivity index (χ1) is 7.59. The zero-order chi connectivity index (χ0) is 11.7. The van der Waals surface area contributed by atoms with E-state index in [2.05, 4.69) is 0 Å². The van der Waals surface area contributed by atoms with E-state index in [0.29, 0.717) is 5.46 Å². The SMILES string of the molecule is O=C(O)COc1ccc2c(c1Cl)B(O)OC2. The molecule has 1 heterocycles. The highest BCUT2D eigenvalue weighted by Gasteiger charge is 2.31. The van der Waals surface area contributed by atoms with Crippen molar-refractivity contribution in [3.05, 3.63) is 22.7 Å². The summed E-state index contributed by atoms with van der Waals surface area (Å²) in [6.45, 7) is -0.190. The fourth-order valence-corrected chi connectivity index (χ4v) is 1.84. The number of hydrogen-bond acceptors (Lipinski definition) is 4. The summed E-state index contributed by atoms with van der Waals surface area (Å²) < 4.78 is 9.96. The van der Waals surface area contributed by atoms with Crippen molar-refractivity contribution in [3.63, 3.8) is 0 Å². The minimum Gasteiger partial charge on any atom is -0.480 e. The maximum absolute atomic E-state index is 10.3. The number of carbonyl (C=O) groups is 1. The van der Waals surface area contributed by atoms with E-state index in [1.165, 1.54) is 0 Å². The van der Waals surface area contributed by atoms with Gasteiger partial charge in [0.15, 0.2) is 6.61 Å². The molecule has 0 bridgehead atoms. The Balaban J connectivity index is 2.28. The van der Waals surface area contributed by atoms with Crippen molar-refractivity contribution in [2.45, 2.75) is 6.61 Å². The molecule has 84 valence electrons. The monoisotopic (exact) mass is 242 g/mol. The molecular formula is C9H8BClO5. The van der Waals surface area contributed by atoms with Crippen LogP contribution >= 0.6 is 11.6 Å². The van der Waals surface area contributed by atoms with Crippen LogP contribution < -0.4 is 10.2 Å². The summed E-state index contributed by atoms with van der Waals surface area (Å²) in [5, 5.41) is 18.2. The van der Waals surface area contributed by atoms with Gasteiger partial charge in [-0.2, -0.15) is 0 Å². The van der Waals surface area contributed by atoms with Crippen LogP contribution in [0.1, 0.15) is 5.56 Å². The van der Waals surface area contributed by atoms with Crippen LogP contribution in [0.4, 0.5) is 0 Å². The third-order valence-corrected chi connectivity index (χ3v) is 2.62. The normalized spacial score (nSPS) is 13.8. The van der Waals surface area contributed by atoms with Gasteiger partial charge in [-0.05, 0) is 11.6 Å². The molecule has 0 saturated heterocycles. The highest BCUT2D eigenvalue weighted by atomic mass is 35.5. The van der Waals surface area contributed by atoms with E-state index in [1.807, 2.05) is 0 Å². The lowest BCUT2D eigenvalue weighted by Crippen LogP contribution is -2.29. The van der Waals surface area contributed by atoms with Gasteiger partial charge in [-0.25, -0.2) is 4.79 Å². The molecule has 16 heavy (non-hydrogen) atoms. The van der Waals surface area contributed by atoms with E-state index in [0.717, 1.165) is 5.56 Å². The molecule has 1 aromatic carbocycles. The maximum Gasteiger partial charge on any atom is 0.493 e. The minimum absolute atomic E-state index is 0.198. The van der Waals surface area contributed by atoms with Crippen LogP contribution in [0.2, 0.25) is 5.02 Å². The molecule has 0 spiro atoms. The molecule has 1 aromatic rings. The van der Waals surface area contributed by atoms with Gasteiger partial charge in [0.05, 0.1) is 11.6 Å².